The Balaban J connectivity index is 1.39. The molecule has 2 aliphatic carbocycles. The third kappa shape index (κ3) is 3.58. The Kier molecular flexibility index (Phi) is 5.43. The van der Waals surface area contributed by atoms with Crippen LogP contribution in [0.2, 0.25) is 0 Å². The van der Waals surface area contributed by atoms with Crippen molar-refractivity contribution < 1.29 is 9.53 Å². The molecule has 0 saturated heterocycles. The minimum Gasteiger partial charge on any atom is -0.378 e. The van der Waals surface area contributed by atoms with Gasteiger partial charge in [0.2, 0.25) is 0 Å². The van der Waals surface area contributed by atoms with Gasteiger partial charge in [0, 0.05) is 37.9 Å². The van der Waals surface area contributed by atoms with E-state index in [9.17, 15) is 4.79 Å². The Bertz CT molecular complexity index is 551. The lowest BCUT2D eigenvalue weighted by atomic mass is 9.60. The maximum Gasteiger partial charge on any atom is 0.315 e. The van der Waals surface area contributed by atoms with Gasteiger partial charge in [-0.3, -0.25) is 4.68 Å². The molecular weight excluding hydrogens is 304 g/mol. The lowest BCUT2D eigenvalue weighted by Crippen LogP contribution is -2.64. The van der Waals surface area contributed by atoms with Crippen LogP contribution in [-0.4, -0.2) is 41.1 Å². The number of nitrogens with one attached hydrogen (secondary N) is 2. The Morgan fingerprint density at radius 2 is 2.25 bits per heavy atom. The first kappa shape index (κ1) is 17.3. The van der Waals surface area contributed by atoms with Crippen LogP contribution in [0.25, 0.3) is 0 Å². The molecule has 2 N–H and O–H groups in total. The zero-order valence-corrected chi connectivity index (χ0v) is 14.9. The quantitative estimate of drug-likeness (QED) is 0.752. The van der Waals surface area contributed by atoms with E-state index in [1.807, 2.05) is 24.1 Å². The van der Waals surface area contributed by atoms with Crippen molar-refractivity contribution in [2.75, 3.05) is 13.2 Å². The average Bonchev–Trinajstić information content (AvgIpc) is 3.21. The summed E-state index contributed by atoms with van der Waals surface area (Å²) in [7, 11) is 1.92. The maximum atomic E-state index is 12.2. The van der Waals surface area contributed by atoms with Crippen LogP contribution in [0.3, 0.4) is 0 Å². The molecule has 2 saturated carbocycles. The number of nitrogens with zero attached hydrogens (tertiary/aromatic N) is 2. The summed E-state index contributed by atoms with van der Waals surface area (Å²) in [5.74, 6) is 0. The topological polar surface area (TPSA) is 68.2 Å². The molecule has 1 heterocycles. The second-order valence-corrected chi connectivity index (χ2v) is 7.20. The number of rotatable bonds is 7. The first-order valence-corrected chi connectivity index (χ1v) is 9.27. The molecule has 134 valence electrons. The molecule has 6 nitrogen and oxygen atoms in total. The van der Waals surface area contributed by atoms with Crippen LogP contribution in [0.15, 0.2) is 12.4 Å². The van der Waals surface area contributed by atoms with Crippen molar-refractivity contribution in [1.82, 2.24) is 20.4 Å². The van der Waals surface area contributed by atoms with Gasteiger partial charge in [-0.15, -0.1) is 0 Å². The van der Waals surface area contributed by atoms with Gasteiger partial charge >= 0.3 is 6.03 Å². The lowest BCUT2D eigenvalue weighted by molar-refractivity contribution is -0.126. The summed E-state index contributed by atoms with van der Waals surface area (Å²) in [6, 6.07) is 0.238. The molecule has 0 aliphatic heterocycles. The SMILES string of the molecule is CCO[C@@H]1C[C@@H](NC(=O)NCCCc2cnn(C)c2)C12CCCC2. The molecule has 0 aromatic carbocycles. The predicted octanol–water partition coefficient (Wildman–Crippen LogP) is 2.39. The second kappa shape index (κ2) is 7.55. The third-order valence-electron chi connectivity index (χ3n) is 5.68. The number of urea groups is 1. The van der Waals surface area contributed by atoms with Crippen LogP contribution in [0.4, 0.5) is 4.79 Å². The zero-order chi connectivity index (χ0) is 17.0. The van der Waals surface area contributed by atoms with Crippen LogP contribution < -0.4 is 10.6 Å². The molecule has 0 bridgehead atoms. The van der Waals surface area contributed by atoms with Gasteiger partial charge in [0.25, 0.3) is 0 Å². The highest BCUT2D eigenvalue weighted by Gasteiger charge is 2.57. The van der Waals surface area contributed by atoms with Crippen molar-refractivity contribution in [3.05, 3.63) is 18.0 Å². The molecule has 0 radical (unpaired) electrons. The third-order valence-corrected chi connectivity index (χ3v) is 5.68. The van der Waals surface area contributed by atoms with Crippen molar-refractivity contribution in [2.45, 2.75) is 64.0 Å². The molecule has 1 aromatic rings. The summed E-state index contributed by atoms with van der Waals surface area (Å²) in [6.45, 7) is 3.51. The Labute approximate surface area is 144 Å². The van der Waals surface area contributed by atoms with Gasteiger partial charge in [0.15, 0.2) is 0 Å². The van der Waals surface area contributed by atoms with E-state index in [0.717, 1.165) is 25.9 Å². The van der Waals surface area contributed by atoms with Gasteiger partial charge in [-0.2, -0.15) is 5.10 Å². The van der Waals surface area contributed by atoms with Gasteiger partial charge in [0.1, 0.15) is 0 Å². The Hall–Kier alpha value is -1.56. The summed E-state index contributed by atoms with van der Waals surface area (Å²) < 4.78 is 7.70. The highest BCUT2D eigenvalue weighted by molar-refractivity contribution is 5.74. The first-order valence-electron chi connectivity index (χ1n) is 9.27. The van der Waals surface area contributed by atoms with Crippen LogP contribution in [0, 0.1) is 5.41 Å². The van der Waals surface area contributed by atoms with Gasteiger partial charge in [-0.1, -0.05) is 12.8 Å². The molecule has 1 spiro atoms. The predicted molar refractivity (Wildman–Crippen MR) is 92.8 cm³/mol. The largest absolute Gasteiger partial charge is 0.378 e. The van der Waals surface area contributed by atoms with Crippen LogP contribution in [0.5, 0.6) is 0 Å². The molecule has 3 rings (SSSR count). The fourth-order valence-electron chi connectivity index (χ4n) is 4.39. The normalized spacial score (nSPS) is 24.8. The van der Waals surface area contributed by atoms with Gasteiger partial charge in [-0.05, 0) is 44.6 Å². The highest BCUT2D eigenvalue weighted by Crippen LogP contribution is 2.54. The Morgan fingerprint density at radius 1 is 1.46 bits per heavy atom. The fourth-order valence-corrected chi connectivity index (χ4v) is 4.39. The summed E-state index contributed by atoms with van der Waals surface area (Å²) in [5.41, 5.74) is 1.41. The van der Waals surface area contributed by atoms with Gasteiger partial charge in [-0.25, -0.2) is 4.79 Å². The van der Waals surface area contributed by atoms with E-state index in [1.165, 1.54) is 31.2 Å². The first-order chi connectivity index (χ1) is 11.6. The number of hydrogen-bond acceptors (Lipinski definition) is 3. The standard InChI is InChI=1S/C18H30N4O2/c1-3-24-16-11-15(18(16)8-4-5-9-18)21-17(23)19-10-6-7-14-12-20-22(2)13-14/h12-13,15-16H,3-11H2,1-2H3,(H2,19,21,23)/t15-,16-/m1/s1. The van der Waals surface area contributed by atoms with Crippen molar-refractivity contribution in [3.63, 3.8) is 0 Å². The van der Waals surface area contributed by atoms with E-state index in [2.05, 4.69) is 22.7 Å². The molecular formula is C18H30N4O2. The zero-order valence-electron chi connectivity index (χ0n) is 14.9. The van der Waals surface area contributed by atoms with Crippen LogP contribution in [0.1, 0.15) is 51.0 Å². The number of amides is 2. The van der Waals surface area contributed by atoms with Crippen molar-refractivity contribution in [2.24, 2.45) is 12.5 Å². The van der Waals surface area contributed by atoms with E-state index in [1.54, 1.807) is 0 Å². The summed E-state index contributed by atoms with van der Waals surface area (Å²) in [5, 5.41) is 10.3. The highest BCUT2D eigenvalue weighted by atomic mass is 16.5. The van der Waals surface area contributed by atoms with E-state index in [4.69, 9.17) is 4.74 Å². The van der Waals surface area contributed by atoms with E-state index >= 15 is 0 Å². The molecule has 1 aromatic heterocycles. The number of aryl methyl sites for hydroxylation is 2. The number of aromatic nitrogens is 2. The summed E-state index contributed by atoms with van der Waals surface area (Å²) >= 11 is 0. The molecule has 2 amide bonds. The van der Waals surface area contributed by atoms with Gasteiger partial charge in [0.05, 0.1) is 12.3 Å². The van der Waals surface area contributed by atoms with E-state index < -0.39 is 0 Å². The Morgan fingerprint density at radius 3 is 2.92 bits per heavy atom. The maximum absolute atomic E-state index is 12.2. The number of carbonyl (C=O) groups is 1. The molecule has 2 atom stereocenters. The van der Waals surface area contributed by atoms with Crippen molar-refractivity contribution in [1.29, 1.82) is 0 Å². The minimum atomic E-state index is -0.0348. The van der Waals surface area contributed by atoms with E-state index in [0.29, 0.717) is 12.6 Å². The number of carbonyl (C=O) groups excluding carboxylic acids is 1. The number of hydrogen-bond donors (Lipinski definition) is 2. The molecule has 6 heteroatoms. The average molecular weight is 334 g/mol. The molecule has 0 unspecified atom stereocenters. The van der Waals surface area contributed by atoms with E-state index in [-0.39, 0.29) is 17.5 Å². The van der Waals surface area contributed by atoms with Crippen molar-refractivity contribution in [3.8, 4) is 0 Å². The molecule has 2 aliphatic rings. The fraction of sp³-hybridized carbons (Fsp3) is 0.778. The van der Waals surface area contributed by atoms with Crippen LogP contribution in [-0.2, 0) is 18.2 Å². The van der Waals surface area contributed by atoms with Crippen LogP contribution >= 0.6 is 0 Å². The number of ether oxygens (including phenoxy) is 1. The monoisotopic (exact) mass is 334 g/mol. The molecule has 24 heavy (non-hydrogen) atoms. The lowest BCUT2D eigenvalue weighted by Gasteiger charge is -2.53. The second-order valence-electron chi connectivity index (χ2n) is 7.20. The smallest absolute Gasteiger partial charge is 0.315 e. The summed E-state index contributed by atoms with van der Waals surface area (Å²) in [4.78, 5) is 12.2. The molecule has 2 fully saturated rings. The minimum absolute atomic E-state index is 0.0348. The van der Waals surface area contributed by atoms with Crippen molar-refractivity contribution >= 4 is 6.03 Å². The van der Waals surface area contributed by atoms with Gasteiger partial charge < -0.3 is 15.4 Å². The summed E-state index contributed by atoms with van der Waals surface area (Å²) in [6.07, 6.45) is 11.9.